The molecule has 0 aliphatic heterocycles. The fourth-order valence-electron chi connectivity index (χ4n) is 2.62. The number of anilines is 1. The molecule has 3 rings (SSSR count). The topological polar surface area (TPSA) is 69.0 Å². The minimum absolute atomic E-state index is 0.0999. The number of nitrogens with one attached hydrogen (secondary N) is 1. The zero-order valence-electron chi connectivity index (χ0n) is 15.7. The average molecular weight is 461 g/mol. The highest BCUT2D eigenvalue weighted by atomic mass is 79.9. The smallest absolute Gasteiger partial charge is 0.234 e. The number of ether oxygens (including phenoxy) is 1. The van der Waals surface area contributed by atoms with E-state index < -0.39 is 0 Å². The number of aromatic nitrogens is 3. The number of carbonyl (C=O) groups is 1. The van der Waals surface area contributed by atoms with Gasteiger partial charge in [0, 0.05) is 17.1 Å². The van der Waals surface area contributed by atoms with Crippen molar-refractivity contribution in [2.45, 2.75) is 18.6 Å². The van der Waals surface area contributed by atoms with Gasteiger partial charge < -0.3 is 10.1 Å². The molecule has 6 nitrogen and oxygen atoms in total. The van der Waals surface area contributed by atoms with Crippen molar-refractivity contribution in [2.75, 3.05) is 24.8 Å². The largest absolute Gasteiger partial charge is 0.383 e. The Morgan fingerprint density at radius 3 is 2.71 bits per heavy atom. The number of halogens is 1. The maximum Gasteiger partial charge on any atom is 0.234 e. The molecule has 3 aromatic rings. The van der Waals surface area contributed by atoms with Crippen LogP contribution in [0.5, 0.6) is 0 Å². The van der Waals surface area contributed by atoms with Crippen LogP contribution >= 0.6 is 27.7 Å². The van der Waals surface area contributed by atoms with Gasteiger partial charge in [-0.3, -0.25) is 9.36 Å². The first kappa shape index (κ1) is 20.6. The molecule has 0 saturated carbocycles. The van der Waals surface area contributed by atoms with Crippen molar-refractivity contribution in [3.05, 3.63) is 58.6 Å². The molecule has 0 spiro atoms. The van der Waals surface area contributed by atoms with Gasteiger partial charge in [-0.15, -0.1) is 10.2 Å². The lowest BCUT2D eigenvalue weighted by Crippen LogP contribution is -2.15. The third kappa shape index (κ3) is 5.21. The summed E-state index contributed by atoms with van der Waals surface area (Å²) in [5.74, 6) is 0.902. The van der Waals surface area contributed by atoms with Crippen LogP contribution in [0.3, 0.4) is 0 Å². The Morgan fingerprint density at radius 1 is 1.21 bits per heavy atom. The number of methoxy groups -OCH3 is 1. The number of carbonyl (C=O) groups excluding carboxylic acids is 1. The molecule has 1 amide bonds. The van der Waals surface area contributed by atoms with Gasteiger partial charge >= 0.3 is 0 Å². The van der Waals surface area contributed by atoms with Crippen molar-refractivity contribution in [3.8, 4) is 11.4 Å². The number of amides is 1. The number of hydrogen-bond donors (Lipinski definition) is 1. The monoisotopic (exact) mass is 460 g/mol. The van der Waals surface area contributed by atoms with Crippen LogP contribution in [0.4, 0.5) is 5.69 Å². The number of rotatable bonds is 8. The van der Waals surface area contributed by atoms with Crippen molar-refractivity contribution in [1.82, 2.24) is 14.8 Å². The average Bonchev–Trinajstić information content (AvgIpc) is 3.10. The Kier molecular flexibility index (Phi) is 7.24. The number of thioether (sulfide) groups is 1. The molecule has 1 aromatic heterocycles. The summed E-state index contributed by atoms with van der Waals surface area (Å²) in [4.78, 5) is 12.4. The van der Waals surface area contributed by atoms with Crippen LogP contribution in [-0.2, 0) is 16.1 Å². The number of aryl methyl sites for hydroxylation is 1. The minimum Gasteiger partial charge on any atom is -0.383 e. The highest BCUT2D eigenvalue weighted by Gasteiger charge is 2.16. The van der Waals surface area contributed by atoms with E-state index in [1.54, 1.807) is 7.11 Å². The van der Waals surface area contributed by atoms with E-state index in [-0.39, 0.29) is 11.7 Å². The molecule has 2 aromatic carbocycles. The van der Waals surface area contributed by atoms with E-state index >= 15 is 0 Å². The lowest BCUT2D eigenvalue weighted by Gasteiger charge is -2.10. The summed E-state index contributed by atoms with van der Waals surface area (Å²) in [5.41, 5.74) is 2.85. The van der Waals surface area contributed by atoms with Crippen LogP contribution in [0.25, 0.3) is 11.4 Å². The van der Waals surface area contributed by atoms with Gasteiger partial charge in [0.05, 0.1) is 24.6 Å². The molecule has 0 unspecified atom stereocenters. The number of hydrogen-bond acceptors (Lipinski definition) is 5. The molecular formula is C20H21BrN4O2S. The molecular weight excluding hydrogens is 440 g/mol. The first-order valence-electron chi connectivity index (χ1n) is 8.75. The molecule has 1 N–H and O–H groups in total. The molecule has 8 heteroatoms. The predicted molar refractivity (Wildman–Crippen MR) is 116 cm³/mol. The Hall–Kier alpha value is -2.16. The van der Waals surface area contributed by atoms with Crippen LogP contribution in [0, 0.1) is 6.92 Å². The van der Waals surface area contributed by atoms with E-state index in [1.807, 2.05) is 60.0 Å². The normalized spacial score (nSPS) is 10.8. The fraction of sp³-hybridized carbons (Fsp3) is 0.250. The highest BCUT2D eigenvalue weighted by Crippen LogP contribution is 2.26. The third-order valence-corrected chi connectivity index (χ3v) is 5.62. The summed E-state index contributed by atoms with van der Waals surface area (Å²) < 4.78 is 8.06. The molecule has 0 fully saturated rings. The Balaban J connectivity index is 1.71. The van der Waals surface area contributed by atoms with Gasteiger partial charge in [-0.2, -0.15) is 0 Å². The molecule has 0 saturated heterocycles. The second-order valence-corrected chi connectivity index (χ2v) is 7.93. The molecule has 0 aliphatic carbocycles. The lowest BCUT2D eigenvalue weighted by atomic mass is 10.2. The Labute approximate surface area is 176 Å². The van der Waals surface area contributed by atoms with E-state index in [1.165, 1.54) is 11.8 Å². The maximum atomic E-state index is 12.4. The van der Waals surface area contributed by atoms with Gasteiger partial charge in [0.2, 0.25) is 5.91 Å². The summed E-state index contributed by atoms with van der Waals surface area (Å²) >= 11 is 4.83. The second-order valence-electron chi connectivity index (χ2n) is 6.14. The lowest BCUT2D eigenvalue weighted by molar-refractivity contribution is -0.113. The Bertz CT molecular complexity index is 947. The van der Waals surface area contributed by atoms with Crippen LogP contribution in [0.1, 0.15) is 5.56 Å². The van der Waals surface area contributed by atoms with E-state index in [0.717, 1.165) is 27.1 Å². The number of nitrogens with zero attached hydrogens (tertiary/aromatic N) is 3. The third-order valence-electron chi connectivity index (χ3n) is 4.00. The predicted octanol–water partition coefficient (Wildman–Crippen LogP) is 4.39. The molecule has 0 atom stereocenters. The summed E-state index contributed by atoms with van der Waals surface area (Å²) in [6.45, 7) is 3.15. The molecule has 0 radical (unpaired) electrons. The summed E-state index contributed by atoms with van der Waals surface area (Å²) in [7, 11) is 1.66. The quantitative estimate of drug-likeness (QED) is 0.504. The minimum atomic E-state index is -0.0999. The zero-order valence-corrected chi connectivity index (χ0v) is 18.1. The van der Waals surface area contributed by atoms with Gasteiger partial charge in [0.15, 0.2) is 11.0 Å². The molecule has 0 bridgehead atoms. The molecule has 28 heavy (non-hydrogen) atoms. The summed E-state index contributed by atoms with van der Waals surface area (Å²) in [6.07, 6.45) is 0. The SMILES string of the molecule is COCCn1c(SCC(=O)Nc2ccc(C)cc2Br)nnc1-c1ccccc1. The summed E-state index contributed by atoms with van der Waals surface area (Å²) in [5, 5.41) is 12.2. The van der Waals surface area contributed by atoms with E-state index in [2.05, 4.69) is 31.4 Å². The molecule has 146 valence electrons. The Morgan fingerprint density at radius 2 is 2.00 bits per heavy atom. The van der Waals surface area contributed by atoms with Crippen LogP contribution in [-0.4, -0.2) is 40.1 Å². The van der Waals surface area contributed by atoms with Crippen LogP contribution < -0.4 is 5.32 Å². The van der Waals surface area contributed by atoms with E-state index in [0.29, 0.717) is 18.3 Å². The van der Waals surface area contributed by atoms with Crippen molar-refractivity contribution in [2.24, 2.45) is 0 Å². The maximum absolute atomic E-state index is 12.4. The van der Waals surface area contributed by atoms with Gasteiger partial charge in [0.25, 0.3) is 0 Å². The molecule has 0 aliphatic rings. The first-order valence-corrected chi connectivity index (χ1v) is 10.5. The van der Waals surface area contributed by atoms with Crippen molar-refractivity contribution in [1.29, 1.82) is 0 Å². The van der Waals surface area contributed by atoms with E-state index in [4.69, 9.17) is 4.74 Å². The fourth-order valence-corrected chi connectivity index (χ4v) is 3.98. The first-order chi connectivity index (χ1) is 13.6. The van der Waals surface area contributed by atoms with Gasteiger partial charge in [-0.25, -0.2) is 0 Å². The summed E-state index contributed by atoms with van der Waals surface area (Å²) in [6, 6.07) is 15.7. The van der Waals surface area contributed by atoms with Gasteiger partial charge in [-0.1, -0.05) is 48.2 Å². The van der Waals surface area contributed by atoms with E-state index in [9.17, 15) is 4.79 Å². The zero-order chi connectivity index (χ0) is 19.9. The van der Waals surface area contributed by atoms with Gasteiger partial charge in [0.1, 0.15) is 0 Å². The second kappa shape index (κ2) is 9.86. The standard InChI is InChI=1S/C20H21BrN4O2S/c1-14-8-9-17(16(21)12-14)22-18(26)13-28-20-24-23-19(25(20)10-11-27-2)15-6-4-3-5-7-15/h3-9,12H,10-11,13H2,1-2H3,(H,22,26). The van der Waals surface area contributed by atoms with Gasteiger partial charge in [-0.05, 0) is 40.5 Å². The van der Waals surface area contributed by atoms with Crippen LogP contribution in [0.2, 0.25) is 0 Å². The number of benzene rings is 2. The van der Waals surface area contributed by atoms with Crippen molar-refractivity contribution < 1.29 is 9.53 Å². The highest BCUT2D eigenvalue weighted by molar-refractivity contribution is 9.10. The van der Waals surface area contributed by atoms with Crippen molar-refractivity contribution in [3.63, 3.8) is 0 Å². The molecule has 1 heterocycles. The van der Waals surface area contributed by atoms with Crippen LogP contribution in [0.15, 0.2) is 58.2 Å². The van der Waals surface area contributed by atoms with Crippen molar-refractivity contribution >= 4 is 39.3 Å².